The third-order valence-corrected chi connectivity index (χ3v) is 7.62. The minimum absolute atomic E-state index is 0.0243. The van der Waals surface area contributed by atoms with E-state index in [1.165, 1.54) is 12.0 Å². The van der Waals surface area contributed by atoms with Crippen LogP contribution in [0, 0.1) is 6.92 Å². The number of fused-ring (bicyclic) bond motifs is 1. The number of amides is 1. The second-order valence-corrected chi connectivity index (χ2v) is 10.4. The number of furan rings is 1. The van der Waals surface area contributed by atoms with Crippen molar-refractivity contribution < 1.29 is 23.8 Å². The highest BCUT2D eigenvalue weighted by atomic mass is 35.5. The maximum Gasteiger partial charge on any atom is 0.294 e. The number of benzene rings is 3. The van der Waals surface area contributed by atoms with Gasteiger partial charge in [0.15, 0.2) is 22.9 Å². The number of hydrogen-bond donors (Lipinski definition) is 1. The van der Waals surface area contributed by atoms with E-state index in [1.54, 1.807) is 18.2 Å². The van der Waals surface area contributed by atoms with Crippen LogP contribution in [-0.2, 0) is 4.79 Å². The molecule has 3 aromatic carbocycles. The summed E-state index contributed by atoms with van der Waals surface area (Å²) in [7, 11) is 1.49. The zero-order chi connectivity index (χ0) is 27.3. The van der Waals surface area contributed by atoms with Gasteiger partial charge in [0.1, 0.15) is 0 Å². The molecule has 1 atom stereocenters. The fourth-order valence-corrected chi connectivity index (χ4v) is 5.76. The Labute approximate surface area is 230 Å². The number of hydrogen-bond acceptors (Lipinski definition) is 6. The summed E-state index contributed by atoms with van der Waals surface area (Å²) >= 11 is 6.21. The lowest BCUT2D eigenvalue weighted by atomic mass is 9.94. The average molecular weight is 543 g/mol. The van der Waals surface area contributed by atoms with Crippen LogP contribution in [0.2, 0.25) is 5.02 Å². The zero-order valence-corrected chi connectivity index (χ0v) is 22.4. The molecule has 1 N–H and O–H groups in total. The predicted octanol–water partition coefficient (Wildman–Crippen LogP) is 6.79. The van der Waals surface area contributed by atoms with Crippen LogP contribution in [0.5, 0.6) is 5.75 Å². The molecule has 1 saturated heterocycles. The number of halogens is 1. The third kappa shape index (κ3) is 4.33. The van der Waals surface area contributed by atoms with Gasteiger partial charge in [-0.2, -0.15) is 0 Å². The van der Waals surface area contributed by atoms with Crippen molar-refractivity contribution >= 4 is 45.6 Å². The molecule has 6 rings (SSSR count). The molecular weight excluding hydrogens is 516 g/mol. The first-order valence-corrected chi connectivity index (χ1v) is 13.2. The van der Waals surface area contributed by atoms with E-state index in [9.17, 15) is 14.7 Å². The van der Waals surface area contributed by atoms with Crippen molar-refractivity contribution in [2.75, 3.05) is 30.0 Å². The summed E-state index contributed by atoms with van der Waals surface area (Å²) in [6, 6.07) is 19.2. The Morgan fingerprint density at radius 1 is 1.03 bits per heavy atom. The van der Waals surface area contributed by atoms with Crippen LogP contribution in [0.3, 0.4) is 0 Å². The molecule has 198 valence electrons. The lowest BCUT2D eigenvalue weighted by Gasteiger charge is -2.27. The van der Waals surface area contributed by atoms with E-state index >= 15 is 0 Å². The van der Waals surface area contributed by atoms with Gasteiger partial charge in [0.25, 0.3) is 5.91 Å². The van der Waals surface area contributed by atoms with E-state index in [-0.39, 0.29) is 11.3 Å². The van der Waals surface area contributed by atoms with Gasteiger partial charge in [-0.25, -0.2) is 0 Å². The number of aliphatic hydroxyl groups excluding tert-OH is 1. The van der Waals surface area contributed by atoms with Crippen molar-refractivity contribution in [3.8, 4) is 5.75 Å². The number of rotatable bonds is 6. The molecule has 3 heterocycles. The van der Waals surface area contributed by atoms with Gasteiger partial charge in [0.05, 0.1) is 18.7 Å². The molecule has 7 nitrogen and oxygen atoms in total. The number of carbonyl (C=O) groups is 2. The van der Waals surface area contributed by atoms with Crippen LogP contribution in [0.25, 0.3) is 11.0 Å². The van der Waals surface area contributed by atoms with E-state index in [2.05, 4.69) is 4.90 Å². The number of carbonyl (C=O) groups excluding carboxylic acids is 2. The quantitative estimate of drug-likeness (QED) is 0.270. The van der Waals surface area contributed by atoms with E-state index in [1.807, 2.05) is 55.5 Å². The van der Waals surface area contributed by atoms with Gasteiger partial charge in [-0.3, -0.25) is 14.5 Å². The molecule has 1 unspecified atom stereocenters. The number of ether oxygens (including phenoxy) is 1. The van der Waals surface area contributed by atoms with Crippen LogP contribution < -0.4 is 14.5 Å². The van der Waals surface area contributed by atoms with Crippen LogP contribution in [0.4, 0.5) is 11.4 Å². The topological polar surface area (TPSA) is 83.2 Å². The van der Waals surface area contributed by atoms with Crippen molar-refractivity contribution in [2.24, 2.45) is 0 Å². The van der Waals surface area contributed by atoms with Crippen LogP contribution in [0.15, 0.2) is 82.5 Å². The lowest BCUT2D eigenvalue weighted by Crippen LogP contribution is -2.31. The van der Waals surface area contributed by atoms with Crippen molar-refractivity contribution in [2.45, 2.75) is 25.8 Å². The maximum absolute atomic E-state index is 14.0. The molecule has 39 heavy (non-hydrogen) atoms. The number of ketones is 1. The lowest BCUT2D eigenvalue weighted by molar-refractivity contribution is -0.117. The van der Waals surface area contributed by atoms with Crippen molar-refractivity contribution in [3.63, 3.8) is 0 Å². The highest BCUT2D eigenvalue weighted by Gasteiger charge is 2.45. The van der Waals surface area contributed by atoms with E-state index in [0.717, 1.165) is 37.2 Å². The summed E-state index contributed by atoms with van der Waals surface area (Å²) in [5, 5.41) is 12.1. The number of nitrogens with zero attached hydrogens (tertiary/aromatic N) is 2. The normalized spacial score (nSPS) is 17.5. The largest absolute Gasteiger partial charge is 0.503 e. The first kappa shape index (κ1) is 25.1. The van der Waals surface area contributed by atoms with Gasteiger partial charge < -0.3 is 19.2 Å². The highest BCUT2D eigenvalue weighted by molar-refractivity contribution is 6.31. The molecule has 1 amide bonds. The molecule has 4 aromatic rings. The molecule has 2 aliphatic heterocycles. The first-order chi connectivity index (χ1) is 18.9. The number of Topliss-reactive ketones (excluding diaryl/α,β-unsaturated/α-hetero) is 1. The highest BCUT2D eigenvalue weighted by Crippen LogP contribution is 2.43. The summed E-state index contributed by atoms with van der Waals surface area (Å²) in [5.74, 6) is -1.47. The minimum Gasteiger partial charge on any atom is -0.503 e. The van der Waals surface area contributed by atoms with Gasteiger partial charge in [-0.05, 0) is 61.7 Å². The molecule has 0 aliphatic carbocycles. The minimum atomic E-state index is -0.846. The number of anilines is 2. The Hall–Kier alpha value is -4.23. The fourth-order valence-electron chi connectivity index (χ4n) is 5.54. The first-order valence-electron chi connectivity index (χ1n) is 12.9. The zero-order valence-electron chi connectivity index (χ0n) is 21.6. The van der Waals surface area contributed by atoms with Gasteiger partial charge in [-0.15, -0.1) is 0 Å². The van der Waals surface area contributed by atoms with E-state index in [4.69, 9.17) is 20.8 Å². The van der Waals surface area contributed by atoms with E-state index in [0.29, 0.717) is 33.0 Å². The molecule has 2 aliphatic rings. The maximum atomic E-state index is 14.0. The Kier molecular flexibility index (Phi) is 6.31. The summed E-state index contributed by atoms with van der Waals surface area (Å²) in [4.78, 5) is 31.3. The molecule has 1 aromatic heterocycles. The number of aryl methyl sites for hydroxylation is 1. The smallest absolute Gasteiger partial charge is 0.294 e. The number of methoxy groups -OCH3 is 1. The Bertz CT molecular complexity index is 1630. The van der Waals surface area contributed by atoms with E-state index < -0.39 is 23.5 Å². The number of aliphatic hydroxyl groups is 1. The van der Waals surface area contributed by atoms with Crippen molar-refractivity contribution in [3.05, 3.63) is 100.0 Å². The summed E-state index contributed by atoms with van der Waals surface area (Å²) in [6.07, 6.45) is 2.32. The van der Waals surface area contributed by atoms with Crippen LogP contribution in [-0.4, -0.2) is 37.0 Å². The third-order valence-electron chi connectivity index (χ3n) is 7.40. The Balaban J connectivity index is 1.44. The van der Waals surface area contributed by atoms with Crippen molar-refractivity contribution in [1.29, 1.82) is 0 Å². The summed E-state index contributed by atoms with van der Waals surface area (Å²) < 4.78 is 11.3. The van der Waals surface area contributed by atoms with Gasteiger partial charge in [0, 0.05) is 40.9 Å². The molecule has 0 radical (unpaired) electrons. The summed E-state index contributed by atoms with van der Waals surface area (Å²) in [6.45, 7) is 3.95. The Morgan fingerprint density at radius 2 is 1.74 bits per heavy atom. The molecule has 0 saturated carbocycles. The molecule has 8 heteroatoms. The molecule has 1 fully saturated rings. The van der Waals surface area contributed by atoms with Crippen LogP contribution in [0.1, 0.15) is 40.6 Å². The standard InChI is InChI=1S/C31H27ClN2O5/c1-18-6-5-7-19(14-18)27-26(28(35)24-16-20-15-21(32)17-25(38-2)30(20)39-24)29(36)31(37)34(27)23-10-8-22(9-11-23)33-12-3-4-13-33/h5-11,14-17,27,36H,3-4,12-13H2,1-2H3. The second-order valence-electron chi connectivity index (χ2n) is 9.93. The fraction of sp³-hybridized carbons (Fsp3) is 0.226. The summed E-state index contributed by atoms with van der Waals surface area (Å²) in [5.41, 5.74) is 3.65. The molecule has 0 spiro atoms. The second kappa shape index (κ2) is 9.82. The molecular formula is C31H27ClN2O5. The SMILES string of the molecule is COc1cc(Cl)cc2cc(C(=O)C3=C(O)C(=O)N(c4ccc(N5CCCC5)cc4)C3c3cccc(C)c3)oc12. The van der Waals surface area contributed by atoms with Gasteiger partial charge in [0.2, 0.25) is 5.78 Å². The molecule has 0 bridgehead atoms. The van der Waals surface area contributed by atoms with Crippen molar-refractivity contribution in [1.82, 2.24) is 0 Å². The average Bonchev–Trinajstić information content (AvgIpc) is 3.67. The monoisotopic (exact) mass is 542 g/mol. The van der Waals surface area contributed by atoms with Gasteiger partial charge in [-0.1, -0.05) is 41.4 Å². The van der Waals surface area contributed by atoms with Crippen LogP contribution >= 0.6 is 11.6 Å². The van der Waals surface area contributed by atoms with Gasteiger partial charge >= 0.3 is 0 Å². The Morgan fingerprint density at radius 3 is 2.44 bits per heavy atom. The predicted molar refractivity (Wildman–Crippen MR) is 151 cm³/mol.